The van der Waals surface area contributed by atoms with Crippen LogP contribution in [0.25, 0.3) is 0 Å². The molecule has 0 unspecified atom stereocenters. The Labute approximate surface area is 111 Å². The van der Waals surface area contributed by atoms with Crippen LogP contribution in [0.4, 0.5) is 4.39 Å². The van der Waals surface area contributed by atoms with Gasteiger partial charge in [0.15, 0.2) is 5.78 Å². The number of aliphatic carboxylic acids is 1. The van der Waals surface area contributed by atoms with Crippen LogP contribution in [0, 0.1) is 17.7 Å². The minimum Gasteiger partial charge on any atom is -0.481 e. The van der Waals surface area contributed by atoms with Gasteiger partial charge in [-0.2, -0.15) is 0 Å². The van der Waals surface area contributed by atoms with Gasteiger partial charge in [0.2, 0.25) is 0 Å². The van der Waals surface area contributed by atoms with Gasteiger partial charge in [-0.3, -0.25) is 9.59 Å². The van der Waals surface area contributed by atoms with Crippen molar-refractivity contribution in [2.45, 2.75) is 32.1 Å². The Balaban J connectivity index is 1.97. The standard InChI is InChI=1S/C15H17FO3/c16-13-6-2-4-11(9-13)14(17)8-10-3-1-5-12(7-10)15(18)19/h2,4,6,9-10,12H,1,3,5,7-8H2,(H,18,19)/t10-,12+/m0/s1. The molecule has 102 valence electrons. The highest BCUT2D eigenvalue weighted by molar-refractivity contribution is 5.96. The quantitative estimate of drug-likeness (QED) is 0.849. The molecule has 0 radical (unpaired) electrons. The summed E-state index contributed by atoms with van der Waals surface area (Å²) < 4.78 is 13.0. The average Bonchev–Trinajstić information content (AvgIpc) is 2.39. The molecule has 3 nitrogen and oxygen atoms in total. The molecular weight excluding hydrogens is 247 g/mol. The summed E-state index contributed by atoms with van der Waals surface area (Å²) in [6.45, 7) is 0. The lowest BCUT2D eigenvalue weighted by molar-refractivity contribution is -0.143. The van der Waals surface area contributed by atoms with E-state index < -0.39 is 11.8 Å². The Morgan fingerprint density at radius 2 is 2.11 bits per heavy atom. The van der Waals surface area contributed by atoms with E-state index >= 15 is 0 Å². The fourth-order valence-electron chi connectivity index (χ4n) is 2.74. The van der Waals surface area contributed by atoms with E-state index in [9.17, 15) is 14.0 Å². The summed E-state index contributed by atoms with van der Waals surface area (Å²) in [7, 11) is 0. The van der Waals surface area contributed by atoms with Crippen molar-refractivity contribution in [2.24, 2.45) is 11.8 Å². The fraction of sp³-hybridized carbons (Fsp3) is 0.467. The van der Waals surface area contributed by atoms with Crippen LogP contribution in [-0.2, 0) is 4.79 Å². The van der Waals surface area contributed by atoms with E-state index in [0.29, 0.717) is 24.8 Å². The van der Waals surface area contributed by atoms with Gasteiger partial charge in [-0.25, -0.2) is 4.39 Å². The van der Waals surface area contributed by atoms with Gasteiger partial charge in [-0.05, 0) is 37.3 Å². The summed E-state index contributed by atoms with van der Waals surface area (Å²) in [6.07, 6.45) is 3.28. The van der Waals surface area contributed by atoms with Crippen molar-refractivity contribution < 1.29 is 19.1 Å². The van der Waals surface area contributed by atoms with Crippen molar-refractivity contribution in [3.63, 3.8) is 0 Å². The largest absolute Gasteiger partial charge is 0.481 e. The summed E-state index contributed by atoms with van der Waals surface area (Å²) >= 11 is 0. The van der Waals surface area contributed by atoms with E-state index in [1.54, 1.807) is 6.07 Å². The van der Waals surface area contributed by atoms with Gasteiger partial charge < -0.3 is 5.11 Å². The van der Waals surface area contributed by atoms with Gasteiger partial charge in [0.05, 0.1) is 5.92 Å². The van der Waals surface area contributed by atoms with Crippen LogP contribution in [0.2, 0.25) is 0 Å². The third-order valence-electron chi connectivity index (χ3n) is 3.75. The number of carbonyl (C=O) groups excluding carboxylic acids is 1. The highest BCUT2D eigenvalue weighted by Gasteiger charge is 2.28. The summed E-state index contributed by atoms with van der Waals surface area (Å²) in [6, 6.07) is 5.66. The third-order valence-corrected chi connectivity index (χ3v) is 3.75. The second-order valence-corrected chi connectivity index (χ2v) is 5.21. The van der Waals surface area contributed by atoms with Crippen molar-refractivity contribution in [2.75, 3.05) is 0 Å². The number of carboxylic acid groups (broad SMARTS) is 1. The Kier molecular flexibility index (Phi) is 4.30. The molecule has 1 saturated carbocycles. The van der Waals surface area contributed by atoms with E-state index in [0.717, 1.165) is 12.8 Å². The molecule has 1 aliphatic rings. The Morgan fingerprint density at radius 1 is 1.32 bits per heavy atom. The number of ketones is 1. The molecule has 0 aromatic heterocycles. The maximum Gasteiger partial charge on any atom is 0.306 e. The first-order valence-electron chi connectivity index (χ1n) is 6.58. The molecule has 1 fully saturated rings. The molecule has 0 spiro atoms. The van der Waals surface area contributed by atoms with Crippen LogP contribution in [-0.4, -0.2) is 16.9 Å². The van der Waals surface area contributed by atoms with Crippen molar-refractivity contribution >= 4 is 11.8 Å². The first kappa shape index (κ1) is 13.7. The van der Waals surface area contributed by atoms with E-state index in [1.165, 1.54) is 18.2 Å². The monoisotopic (exact) mass is 264 g/mol. The Bertz CT molecular complexity index is 484. The maximum absolute atomic E-state index is 13.0. The smallest absolute Gasteiger partial charge is 0.306 e. The normalized spacial score (nSPS) is 23.0. The summed E-state index contributed by atoms with van der Waals surface area (Å²) in [5, 5.41) is 9.01. The number of benzene rings is 1. The third kappa shape index (κ3) is 3.63. The van der Waals surface area contributed by atoms with Gasteiger partial charge in [0, 0.05) is 12.0 Å². The molecule has 1 aliphatic carbocycles. The molecule has 4 heteroatoms. The highest BCUT2D eigenvalue weighted by Crippen LogP contribution is 2.32. The topological polar surface area (TPSA) is 54.4 Å². The van der Waals surface area contributed by atoms with E-state index in [1.807, 2.05) is 0 Å². The first-order valence-corrected chi connectivity index (χ1v) is 6.58. The van der Waals surface area contributed by atoms with Crippen LogP contribution in [0.3, 0.4) is 0 Å². The SMILES string of the molecule is O=C(C[C@H]1CCC[C@@H](C(=O)O)C1)c1cccc(F)c1. The van der Waals surface area contributed by atoms with Crippen LogP contribution in [0.1, 0.15) is 42.5 Å². The number of hydrogen-bond acceptors (Lipinski definition) is 2. The van der Waals surface area contributed by atoms with Gasteiger partial charge in [-0.15, -0.1) is 0 Å². The molecule has 0 bridgehead atoms. The molecule has 1 N–H and O–H groups in total. The second-order valence-electron chi connectivity index (χ2n) is 5.21. The van der Waals surface area contributed by atoms with Crippen LogP contribution in [0.5, 0.6) is 0 Å². The number of hydrogen-bond donors (Lipinski definition) is 1. The van der Waals surface area contributed by atoms with Crippen LogP contribution < -0.4 is 0 Å². The van der Waals surface area contributed by atoms with Gasteiger partial charge in [0.25, 0.3) is 0 Å². The molecule has 19 heavy (non-hydrogen) atoms. The van der Waals surface area contributed by atoms with Crippen molar-refractivity contribution in [3.05, 3.63) is 35.6 Å². The summed E-state index contributed by atoms with van der Waals surface area (Å²) in [4.78, 5) is 23.0. The van der Waals surface area contributed by atoms with E-state index in [-0.39, 0.29) is 17.6 Å². The molecule has 1 aromatic carbocycles. The molecule has 1 aromatic rings. The maximum atomic E-state index is 13.0. The fourth-order valence-corrected chi connectivity index (χ4v) is 2.74. The Morgan fingerprint density at radius 3 is 2.79 bits per heavy atom. The number of rotatable bonds is 4. The second kappa shape index (κ2) is 5.95. The van der Waals surface area contributed by atoms with Gasteiger partial charge >= 0.3 is 5.97 Å². The number of halogens is 1. The molecular formula is C15H17FO3. The number of carbonyl (C=O) groups is 2. The molecule has 0 aliphatic heterocycles. The molecule has 0 saturated heterocycles. The highest BCUT2D eigenvalue weighted by atomic mass is 19.1. The first-order chi connectivity index (χ1) is 9.06. The van der Waals surface area contributed by atoms with Crippen molar-refractivity contribution in [1.29, 1.82) is 0 Å². The predicted molar refractivity (Wildman–Crippen MR) is 68.4 cm³/mol. The van der Waals surface area contributed by atoms with Crippen molar-refractivity contribution in [1.82, 2.24) is 0 Å². The predicted octanol–water partition coefficient (Wildman–Crippen LogP) is 3.29. The van der Waals surface area contributed by atoms with Crippen LogP contribution in [0.15, 0.2) is 24.3 Å². The zero-order valence-corrected chi connectivity index (χ0v) is 10.6. The Hall–Kier alpha value is -1.71. The van der Waals surface area contributed by atoms with Crippen LogP contribution >= 0.6 is 0 Å². The van der Waals surface area contributed by atoms with E-state index in [4.69, 9.17) is 5.11 Å². The number of Topliss-reactive ketones (excluding diaryl/α,β-unsaturated/α-hetero) is 1. The molecule has 0 amide bonds. The summed E-state index contributed by atoms with van der Waals surface area (Å²) in [5.41, 5.74) is 0.373. The zero-order valence-electron chi connectivity index (χ0n) is 10.6. The molecule has 2 atom stereocenters. The minimum atomic E-state index is -0.775. The molecule has 0 heterocycles. The van der Waals surface area contributed by atoms with Crippen molar-refractivity contribution in [3.8, 4) is 0 Å². The van der Waals surface area contributed by atoms with Gasteiger partial charge in [-0.1, -0.05) is 18.6 Å². The summed E-state index contributed by atoms with van der Waals surface area (Å²) in [5.74, 6) is -1.53. The van der Waals surface area contributed by atoms with Gasteiger partial charge in [0.1, 0.15) is 5.82 Å². The average molecular weight is 264 g/mol. The minimum absolute atomic E-state index is 0.101. The zero-order chi connectivity index (χ0) is 13.8. The molecule has 2 rings (SSSR count). The van der Waals surface area contributed by atoms with E-state index in [2.05, 4.69) is 0 Å². The lowest BCUT2D eigenvalue weighted by Gasteiger charge is -2.26. The lowest BCUT2D eigenvalue weighted by Crippen LogP contribution is -2.24. The lowest BCUT2D eigenvalue weighted by atomic mass is 9.78. The number of carboxylic acids is 1.